The first-order valence-electron chi connectivity index (χ1n) is 8.10. The van der Waals surface area contributed by atoms with E-state index in [-0.39, 0.29) is 0 Å². The molecule has 4 rings (SSSR count). The van der Waals surface area contributed by atoms with Gasteiger partial charge in [0.15, 0.2) is 0 Å². The van der Waals surface area contributed by atoms with Crippen LogP contribution in [0.2, 0.25) is 0 Å². The SMILES string of the molecule is Cc1cccc(C=Nn2c(-c3cc(-c4ccccc4)n[nH]3)n[nH]c2=S)c1. The summed E-state index contributed by atoms with van der Waals surface area (Å²) in [4.78, 5) is 0. The first-order valence-corrected chi connectivity index (χ1v) is 8.51. The maximum absolute atomic E-state index is 5.31. The van der Waals surface area contributed by atoms with Gasteiger partial charge in [0.25, 0.3) is 0 Å². The molecule has 7 heteroatoms. The highest BCUT2D eigenvalue weighted by Crippen LogP contribution is 2.22. The van der Waals surface area contributed by atoms with Crippen molar-refractivity contribution in [2.45, 2.75) is 6.92 Å². The van der Waals surface area contributed by atoms with Crippen LogP contribution in [0.25, 0.3) is 22.8 Å². The maximum Gasteiger partial charge on any atom is 0.216 e. The molecule has 2 heterocycles. The summed E-state index contributed by atoms with van der Waals surface area (Å²) in [5.74, 6) is 0.577. The molecule has 0 unspecified atom stereocenters. The second kappa shape index (κ2) is 6.89. The van der Waals surface area contributed by atoms with Crippen molar-refractivity contribution in [3.8, 4) is 22.8 Å². The monoisotopic (exact) mass is 360 g/mol. The smallest absolute Gasteiger partial charge is 0.216 e. The Morgan fingerprint density at radius 2 is 1.85 bits per heavy atom. The van der Waals surface area contributed by atoms with E-state index in [1.807, 2.05) is 61.5 Å². The molecule has 0 aliphatic rings. The summed E-state index contributed by atoms with van der Waals surface area (Å²) in [5.41, 5.74) is 4.76. The Morgan fingerprint density at radius 1 is 1.00 bits per heavy atom. The van der Waals surface area contributed by atoms with Gasteiger partial charge in [-0.25, -0.2) is 5.10 Å². The van der Waals surface area contributed by atoms with E-state index in [0.717, 1.165) is 22.5 Å². The third-order valence-electron chi connectivity index (χ3n) is 3.90. The van der Waals surface area contributed by atoms with Crippen LogP contribution in [0.15, 0.2) is 65.8 Å². The summed E-state index contributed by atoms with van der Waals surface area (Å²) in [5, 5.41) is 18.9. The zero-order chi connectivity index (χ0) is 17.9. The van der Waals surface area contributed by atoms with E-state index >= 15 is 0 Å². The Morgan fingerprint density at radius 3 is 2.65 bits per heavy atom. The minimum Gasteiger partial charge on any atom is -0.274 e. The highest BCUT2D eigenvalue weighted by Gasteiger charge is 2.12. The van der Waals surface area contributed by atoms with E-state index in [4.69, 9.17) is 12.2 Å². The molecule has 0 saturated carbocycles. The molecule has 0 spiro atoms. The molecule has 0 radical (unpaired) electrons. The van der Waals surface area contributed by atoms with Crippen LogP contribution in [-0.2, 0) is 0 Å². The van der Waals surface area contributed by atoms with Crippen molar-refractivity contribution in [2.75, 3.05) is 0 Å². The average molecular weight is 360 g/mol. The van der Waals surface area contributed by atoms with E-state index in [2.05, 4.69) is 31.6 Å². The number of nitrogens with zero attached hydrogens (tertiary/aromatic N) is 4. The third-order valence-corrected chi connectivity index (χ3v) is 4.17. The number of nitrogens with one attached hydrogen (secondary N) is 2. The zero-order valence-electron chi connectivity index (χ0n) is 14.0. The summed E-state index contributed by atoms with van der Waals surface area (Å²) < 4.78 is 2.00. The van der Waals surface area contributed by atoms with E-state index in [1.165, 1.54) is 5.56 Å². The summed E-state index contributed by atoms with van der Waals surface area (Å²) in [6.45, 7) is 2.04. The zero-order valence-corrected chi connectivity index (χ0v) is 14.9. The van der Waals surface area contributed by atoms with Crippen LogP contribution in [0.1, 0.15) is 11.1 Å². The first kappa shape index (κ1) is 16.2. The number of H-pyrrole nitrogens is 2. The fourth-order valence-corrected chi connectivity index (χ4v) is 2.82. The molecule has 0 saturated heterocycles. The molecule has 2 aromatic carbocycles. The minimum atomic E-state index is 0.416. The largest absolute Gasteiger partial charge is 0.274 e. The van der Waals surface area contributed by atoms with E-state index in [0.29, 0.717) is 10.6 Å². The molecular formula is C19H16N6S. The van der Waals surface area contributed by atoms with Gasteiger partial charge < -0.3 is 0 Å². The number of rotatable bonds is 4. The van der Waals surface area contributed by atoms with Crippen molar-refractivity contribution in [1.82, 2.24) is 25.1 Å². The van der Waals surface area contributed by atoms with Crippen LogP contribution in [-0.4, -0.2) is 31.3 Å². The molecule has 0 amide bonds. The molecule has 0 atom stereocenters. The Hall–Kier alpha value is -3.32. The molecule has 0 aliphatic heterocycles. The van der Waals surface area contributed by atoms with Crippen LogP contribution in [0.3, 0.4) is 0 Å². The predicted octanol–water partition coefficient (Wildman–Crippen LogP) is 4.19. The second-order valence-electron chi connectivity index (χ2n) is 5.86. The molecule has 0 aliphatic carbocycles. The number of aryl methyl sites for hydroxylation is 1. The van der Waals surface area contributed by atoms with Gasteiger partial charge in [-0.15, -0.1) is 0 Å². The maximum atomic E-state index is 5.31. The average Bonchev–Trinajstić information content (AvgIpc) is 3.28. The molecule has 2 aromatic heterocycles. The van der Waals surface area contributed by atoms with Gasteiger partial charge in [-0.3, -0.25) is 5.10 Å². The van der Waals surface area contributed by atoms with Crippen LogP contribution in [0, 0.1) is 11.7 Å². The quantitative estimate of drug-likeness (QED) is 0.423. The van der Waals surface area contributed by atoms with Gasteiger partial charge in [-0.05, 0) is 30.8 Å². The molecule has 4 aromatic rings. The van der Waals surface area contributed by atoms with Crippen molar-refractivity contribution >= 4 is 18.4 Å². The van der Waals surface area contributed by atoms with Crippen molar-refractivity contribution in [1.29, 1.82) is 0 Å². The van der Waals surface area contributed by atoms with Crippen molar-refractivity contribution < 1.29 is 0 Å². The number of hydrogen-bond donors (Lipinski definition) is 2. The predicted molar refractivity (Wildman–Crippen MR) is 105 cm³/mol. The second-order valence-corrected chi connectivity index (χ2v) is 6.24. The molecule has 0 fully saturated rings. The summed E-state index contributed by atoms with van der Waals surface area (Å²) in [6.07, 6.45) is 1.76. The molecule has 26 heavy (non-hydrogen) atoms. The van der Waals surface area contributed by atoms with Gasteiger partial charge in [0.2, 0.25) is 10.6 Å². The molecule has 0 bridgehead atoms. The lowest BCUT2D eigenvalue weighted by atomic mass is 10.1. The fraction of sp³-hybridized carbons (Fsp3) is 0.0526. The Bertz CT molecular complexity index is 1120. The fourth-order valence-electron chi connectivity index (χ4n) is 2.64. The van der Waals surface area contributed by atoms with E-state index < -0.39 is 0 Å². The molecule has 6 nitrogen and oxygen atoms in total. The highest BCUT2D eigenvalue weighted by molar-refractivity contribution is 7.71. The van der Waals surface area contributed by atoms with Crippen LogP contribution < -0.4 is 0 Å². The van der Waals surface area contributed by atoms with E-state index in [9.17, 15) is 0 Å². The molecule has 2 N–H and O–H groups in total. The van der Waals surface area contributed by atoms with E-state index in [1.54, 1.807) is 10.9 Å². The third kappa shape index (κ3) is 3.25. The van der Waals surface area contributed by atoms with Crippen molar-refractivity contribution in [2.24, 2.45) is 5.10 Å². The lowest BCUT2D eigenvalue weighted by Crippen LogP contribution is -1.95. The standard InChI is InChI=1S/C19H16N6S/c1-13-6-5-7-14(10-13)12-20-25-18(23-24-19(25)26)17-11-16(21-22-17)15-8-3-2-4-9-15/h2-12H,1H3,(H,21,22)(H,24,26). The van der Waals surface area contributed by atoms with Crippen molar-refractivity contribution in [3.63, 3.8) is 0 Å². The number of aromatic amines is 2. The van der Waals surface area contributed by atoms with Gasteiger partial charge in [-0.2, -0.15) is 20.0 Å². The van der Waals surface area contributed by atoms with Gasteiger partial charge in [0, 0.05) is 5.56 Å². The first-order chi connectivity index (χ1) is 12.7. The number of benzene rings is 2. The summed E-state index contributed by atoms with van der Waals surface area (Å²) in [6, 6.07) is 20.0. The normalized spacial score (nSPS) is 11.3. The van der Waals surface area contributed by atoms with Gasteiger partial charge >= 0.3 is 0 Å². The summed E-state index contributed by atoms with van der Waals surface area (Å²) >= 11 is 5.31. The lowest BCUT2D eigenvalue weighted by Gasteiger charge is -1.98. The Balaban J connectivity index is 1.69. The lowest BCUT2D eigenvalue weighted by molar-refractivity contribution is 0.865. The Kier molecular flexibility index (Phi) is 4.28. The van der Waals surface area contributed by atoms with Crippen LogP contribution in [0.5, 0.6) is 0 Å². The topological polar surface area (TPSA) is 74.7 Å². The van der Waals surface area contributed by atoms with Crippen LogP contribution >= 0.6 is 12.2 Å². The van der Waals surface area contributed by atoms with Crippen LogP contribution in [0.4, 0.5) is 0 Å². The highest BCUT2D eigenvalue weighted by atomic mass is 32.1. The van der Waals surface area contributed by atoms with Gasteiger partial charge in [-0.1, -0.05) is 60.2 Å². The molecule has 128 valence electrons. The van der Waals surface area contributed by atoms with Gasteiger partial charge in [0.1, 0.15) is 5.69 Å². The van der Waals surface area contributed by atoms with Crippen molar-refractivity contribution in [3.05, 3.63) is 76.6 Å². The minimum absolute atomic E-state index is 0.416. The number of aromatic nitrogens is 5. The summed E-state index contributed by atoms with van der Waals surface area (Å²) in [7, 11) is 0. The van der Waals surface area contributed by atoms with Gasteiger partial charge in [0.05, 0.1) is 11.9 Å². The Labute approximate surface area is 155 Å². The molecular weight excluding hydrogens is 344 g/mol. The number of hydrogen-bond acceptors (Lipinski definition) is 4.